The van der Waals surface area contributed by atoms with Crippen LogP contribution in [-0.4, -0.2) is 0 Å². The van der Waals surface area contributed by atoms with Gasteiger partial charge in [-0.15, -0.1) is 0 Å². The van der Waals surface area contributed by atoms with E-state index in [1.165, 1.54) is 33.0 Å². The molecule has 0 saturated heterocycles. The Kier molecular flexibility index (Phi) is 6.43. The summed E-state index contributed by atoms with van der Waals surface area (Å²) in [4.78, 5) is 0. The van der Waals surface area contributed by atoms with Gasteiger partial charge in [-0.25, -0.2) is 0 Å². The van der Waals surface area contributed by atoms with Gasteiger partial charge in [0, 0.05) is 28.6 Å². The van der Waals surface area contributed by atoms with Crippen molar-refractivity contribution in [2.24, 2.45) is 5.92 Å². The van der Waals surface area contributed by atoms with Crippen molar-refractivity contribution in [1.29, 1.82) is 0 Å². The average Bonchev–Trinajstić information content (AvgIpc) is 3.30. The van der Waals surface area contributed by atoms with Crippen LogP contribution in [0.1, 0.15) is 42.0 Å². The molecule has 1 N–H and O–H groups in total. The Hall–Kier alpha value is -4.36. The summed E-state index contributed by atoms with van der Waals surface area (Å²) in [5.41, 5.74) is 7.47. The summed E-state index contributed by atoms with van der Waals surface area (Å²) in [6.07, 6.45) is 9.24. The van der Waals surface area contributed by atoms with Gasteiger partial charge in [-0.05, 0) is 45.8 Å². The lowest BCUT2D eigenvalue weighted by Crippen LogP contribution is -2.35. The van der Waals surface area contributed by atoms with Crippen LogP contribution in [0.3, 0.4) is 0 Å². The van der Waals surface area contributed by atoms with Crippen LogP contribution >= 0.6 is 0 Å². The van der Waals surface area contributed by atoms with Crippen LogP contribution in [0.2, 0.25) is 0 Å². The number of nitrogens with one attached hydrogen (secondary N) is 1. The topological polar surface area (TPSA) is 12.0 Å². The van der Waals surface area contributed by atoms with Gasteiger partial charge in [-0.1, -0.05) is 141 Å². The fourth-order valence-electron chi connectivity index (χ4n) is 6.52. The van der Waals surface area contributed by atoms with E-state index in [4.69, 9.17) is 0 Å². The Morgan fingerprint density at radius 1 is 0.605 bits per heavy atom. The summed E-state index contributed by atoms with van der Waals surface area (Å²) in [6.45, 7) is 4.00. The molecule has 0 radical (unpaired) electrons. The van der Waals surface area contributed by atoms with Gasteiger partial charge >= 0.3 is 0 Å². The minimum Gasteiger partial charge on any atom is -0.355 e. The van der Waals surface area contributed by atoms with Crippen molar-refractivity contribution >= 4 is 22.1 Å². The highest BCUT2D eigenvalue weighted by Crippen LogP contribution is 2.59. The third-order valence-electron chi connectivity index (χ3n) is 8.00. The highest BCUT2D eigenvalue weighted by Gasteiger charge is 2.52. The zero-order valence-electron chi connectivity index (χ0n) is 22.0. The fourth-order valence-corrected chi connectivity index (χ4v) is 6.52. The second-order valence-electron chi connectivity index (χ2n) is 9.82. The maximum absolute atomic E-state index is 3.76. The molecule has 2 unspecified atom stereocenters. The summed E-state index contributed by atoms with van der Waals surface area (Å²) in [6, 6.07) is 44.1. The van der Waals surface area contributed by atoms with Crippen LogP contribution < -0.4 is 5.32 Å². The van der Waals surface area contributed by atoms with Gasteiger partial charge in [-0.2, -0.15) is 0 Å². The Morgan fingerprint density at radius 3 is 1.97 bits per heavy atom. The molecule has 2 aliphatic carbocycles. The van der Waals surface area contributed by atoms with E-state index in [1.54, 1.807) is 0 Å². The molecule has 186 valence electrons. The van der Waals surface area contributed by atoms with Crippen LogP contribution in [0.15, 0.2) is 146 Å². The number of benzene rings is 5. The van der Waals surface area contributed by atoms with Gasteiger partial charge in [0.15, 0.2) is 0 Å². The lowest BCUT2D eigenvalue weighted by Gasteiger charge is -2.39. The fraction of sp³-hybridized carbons (Fsp3) is 0.135. The van der Waals surface area contributed by atoms with E-state index in [1.807, 2.05) is 13.8 Å². The van der Waals surface area contributed by atoms with Crippen LogP contribution in [0.4, 0.5) is 11.4 Å². The van der Waals surface area contributed by atoms with Gasteiger partial charge in [-0.3, -0.25) is 0 Å². The quantitative estimate of drug-likeness (QED) is 0.264. The number of allylic oxidation sites excluding steroid dienone is 4. The Bertz CT molecular complexity index is 1570. The van der Waals surface area contributed by atoms with E-state index in [2.05, 4.69) is 151 Å². The van der Waals surface area contributed by atoms with Crippen molar-refractivity contribution in [2.75, 3.05) is 5.32 Å². The SMILES string of the molecule is C1=CC2c3ccc(Nc4cccc5ccccc45)cc3C(c3ccccc3)(c3ccccc3)C2C=C1.CC. The molecule has 7 rings (SSSR count). The van der Waals surface area contributed by atoms with Crippen LogP contribution in [0.5, 0.6) is 0 Å². The van der Waals surface area contributed by atoms with E-state index < -0.39 is 0 Å². The van der Waals surface area contributed by atoms with E-state index in [9.17, 15) is 0 Å². The zero-order valence-corrected chi connectivity index (χ0v) is 22.0. The van der Waals surface area contributed by atoms with Crippen LogP contribution in [0.25, 0.3) is 10.8 Å². The predicted molar refractivity (Wildman–Crippen MR) is 162 cm³/mol. The molecular formula is C37H33N. The molecule has 5 aromatic carbocycles. The second kappa shape index (κ2) is 10.2. The van der Waals surface area contributed by atoms with E-state index in [-0.39, 0.29) is 5.41 Å². The second-order valence-corrected chi connectivity index (χ2v) is 9.82. The van der Waals surface area contributed by atoms with Crippen LogP contribution in [-0.2, 0) is 5.41 Å². The van der Waals surface area contributed by atoms with Crippen molar-refractivity contribution in [2.45, 2.75) is 25.2 Å². The molecule has 0 spiro atoms. The summed E-state index contributed by atoms with van der Waals surface area (Å²) in [5, 5.41) is 6.24. The molecule has 38 heavy (non-hydrogen) atoms. The Morgan fingerprint density at radius 2 is 1.24 bits per heavy atom. The van der Waals surface area contributed by atoms with Crippen molar-refractivity contribution in [3.05, 3.63) is 168 Å². The van der Waals surface area contributed by atoms with E-state index in [0.717, 1.165) is 11.4 Å². The third kappa shape index (κ3) is 3.78. The van der Waals surface area contributed by atoms with Crippen molar-refractivity contribution in [3.8, 4) is 0 Å². The highest BCUT2D eigenvalue weighted by molar-refractivity contribution is 5.95. The smallest absolute Gasteiger partial charge is 0.0526 e. The third-order valence-corrected chi connectivity index (χ3v) is 8.00. The Balaban J connectivity index is 0.00000129. The van der Waals surface area contributed by atoms with E-state index >= 15 is 0 Å². The normalized spacial score (nSPS) is 18.3. The highest BCUT2D eigenvalue weighted by atomic mass is 14.9. The minimum absolute atomic E-state index is 0.264. The molecule has 1 nitrogen and oxygen atoms in total. The van der Waals surface area contributed by atoms with E-state index in [0.29, 0.717) is 11.8 Å². The lowest BCUT2D eigenvalue weighted by atomic mass is 9.63. The first-order chi connectivity index (χ1) is 18.9. The number of fused-ring (bicyclic) bond motifs is 4. The van der Waals surface area contributed by atoms with Gasteiger partial charge in [0.1, 0.15) is 0 Å². The van der Waals surface area contributed by atoms with Gasteiger partial charge in [0.25, 0.3) is 0 Å². The molecule has 1 heteroatoms. The van der Waals surface area contributed by atoms with Gasteiger partial charge < -0.3 is 5.32 Å². The first kappa shape index (κ1) is 24.0. The molecule has 2 atom stereocenters. The first-order valence-corrected chi connectivity index (χ1v) is 13.7. The molecular weight excluding hydrogens is 458 g/mol. The first-order valence-electron chi connectivity index (χ1n) is 13.7. The Labute approximate surface area is 226 Å². The standard InChI is InChI=1S/C35H27N.C2H6/c1-3-14-26(15-4-1)35(27-16-5-2-6-17-27)32-20-10-9-19-30(32)31-23-22-28(24-33(31)35)36-34-21-11-13-25-12-7-8-18-29(25)34;1-2/h1-24,30,32,36H;1-2H3. The molecule has 0 amide bonds. The molecule has 0 heterocycles. The summed E-state index contributed by atoms with van der Waals surface area (Å²) < 4.78 is 0. The number of rotatable bonds is 4. The molecule has 0 aromatic heterocycles. The molecule has 5 aromatic rings. The summed E-state index contributed by atoms with van der Waals surface area (Å²) >= 11 is 0. The number of anilines is 2. The molecule has 0 aliphatic heterocycles. The molecule has 0 saturated carbocycles. The van der Waals surface area contributed by atoms with Gasteiger partial charge in [0.05, 0.1) is 5.41 Å². The monoisotopic (exact) mass is 491 g/mol. The number of hydrogen-bond acceptors (Lipinski definition) is 1. The van der Waals surface area contributed by atoms with Crippen LogP contribution in [0, 0.1) is 5.92 Å². The summed E-state index contributed by atoms with van der Waals surface area (Å²) in [5.74, 6) is 0.659. The largest absolute Gasteiger partial charge is 0.355 e. The zero-order chi connectivity index (χ0) is 26.0. The molecule has 2 aliphatic rings. The maximum Gasteiger partial charge on any atom is 0.0526 e. The molecule has 0 fully saturated rings. The van der Waals surface area contributed by atoms with Crippen molar-refractivity contribution in [1.82, 2.24) is 0 Å². The van der Waals surface area contributed by atoms with Crippen molar-refractivity contribution in [3.63, 3.8) is 0 Å². The predicted octanol–water partition coefficient (Wildman–Crippen LogP) is 9.78. The summed E-state index contributed by atoms with van der Waals surface area (Å²) in [7, 11) is 0. The average molecular weight is 492 g/mol. The molecule has 0 bridgehead atoms. The van der Waals surface area contributed by atoms with Crippen molar-refractivity contribution < 1.29 is 0 Å². The minimum atomic E-state index is -0.264. The number of hydrogen-bond donors (Lipinski definition) is 1. The lowest BCUT2D eigenvalue weighted by molar-refractivity contribution is 0.457. The van der Waals surface area contributed by atoms with Gasteiger partial charge in [0.2, 0.25) is 0 Å². The maximum atomic E-state index is 3.76.